The Morgan fingerprint density at radius 3 is 2.70 bits per heavy atom. The van der Waals surface area contributed by atoms with E-state index in [0.29, 0.717) is 17.7 Å². The molecule has 1 aliphatic heterocycles. The first-order chi connectivity index (χ1) is 11.0. The van der Waals surface area contributed by atoms with E-state index >= 15 is 0 Å². The van der Waals surface area contributed by atoms with Crippen LogP contribution in [0.1, 0.15) is 44.8 Å². The molecule has 2 aromatic rings. The zero-order chi connectivity index (χ0) is 16.6. The van der Waals surface area contributed by atoms with E-state index < -0.39 is 5.91 Å². The van der Waals surface area contributed by atoms with Gasteiger partial charge in [-0.3, -0.25) is 9.59 Å². The van der Waals surface area contributed by atoms with E-state index in [4.69, 9.17) is 10.5 Å². The highest BCUT2D eigenvalue weighted by molar-refractivity contribution is 6.01. The van der Waals surface area contributed by atoms with E-state index in [-0.39, 0.29) is 11.9 Å². The van der Waals surface area contributed by atoms with E-state index in [9.17, 15) is 9.59 Å². The van der Waals surface area contributed by atoms with Gasteiger partial charge in [-0.25, -0.2) is 0 Å². The highest BCUT2D eigenvalue weighted by Crippen LogP contribution is 2.35. The normalized spacial score (nSPS) is 14.5. The van der Waals surface area contributed by atoms with E-state index in [1.807, 2.05) is 31.2 Å². The minimum Gasteiger partial charge on any atom is -0.496 e. The number of carbonyl (C=O) groups excluding carboxylic acids is 2. The molecule has 1 aliphatic rings. The molecular formula is C18H18N2O3. The number of rotatable bonds is 4. The zero-order valence-corrected chi connectivity index (χ0v) is 13.1. The van der Waals surface area contributed by atoms with Gasteiger partial charge < -0.3 is 15.4 Å². The van der Waals surface area contributed by atoms with Gasteiger partial charge in [0.2, 0.25) is 5.91 Å². The summed E-state index contributed by atoms with van der Waals surface area (Å²) in [5, 5.41) is 0. The Bertz CT molecular complexity index is 786. The van der Waals surface area contributed by atoms with Gasteiger partial charge in [0.05, 0.1) is 13.2 Å². The fourth-order valence-electron chi connectivity index (χ4n) is 2.99. The van der Waals surface area contributed by atoms with Crippen molar-refractivity contribution in [2.45, 2.75) is 19.5 Å². The molecule has 0 radical (unpaired) electrons. The Hall–Kier alpha value is -2.82. The van der Waals surface area contributed by atoms with E-state index in [1.54, 1.807) is 30.2 Å². The van der Waals surface area contributed by atoms with Crippen molar-refractivity contribution in [3.8, 4) is 5.75 Å². The number of hydrogen-bond donors (Lipinski definition) is 1. The predicted molar refractivity (Wildman–Crippen MR) is 86.2 cm³/mol. The molecule has 2 amide bonds. The standard InChI is InChI=1S/C18H18N2O3/c1-11(14-5-3-4-6-16(14)23-2)20-10-13-9-12(17(19)21)7-8-15(13)18(20)22/h3-9,11H,10H2,1-2H3,(H2,19,21)/t11-/m0/s1. The molecule has 0 aliphatic carbocycles. The largest absolute Gasteiger partial charge is 0.496 e. The molecule has 0 aromatic heterocycles. The maximum Gasteiger partial charge on any atom is 0.255 e. The lowest BCUT2D eigenvalue weighted by Gasteiger charge is -2.26. The number of fused-ring (bicyclic) bond motifs is 1. The molecule has 2 N–H and O–H groups in total. The Morgan fingerprint density at radius 1 is 1.26 bits per heavy atom. The number of nitrogens with zero attached hydrogens (tertiary/aromatic N) is 1. The molecule has 0 unspecified atom stereocenters. The number of nitrogens with two attached hydrogens (primary N) is 1. The van der Waals surface area contributed by atoms with Crippen LogP contribution in [0.3, 0.4) is 0 Å². The number of benzene rings is 2. The lowest BCUT2D eigenvalue weighted by atomic mass is 10.1. The van der Waals surface area contributed by atoms with Crippen molar-refractivity contribution >= 4 is 11.8 Å². The molecule has 23 heavy (non-hydrogen) atoms. The number of para-hydroxylation sites is 1. The molecule has 118 valence electrons. The van der Waals surface area contributed by atoms with Crippen LogP contribution in [0.4, 0.5) is 0 Å². The fourth-order valence-corrected chi connectivity index (χ4v) is 2.99. The van der Waals surface area contributed by atoms with Gasteiger partial charge >= 0.3 is 0 Å². The topological polar surface area (TPSA) is 72.6 Å². The van der Waals surface area contributed by atoms with Crippen molar-refractivity contribution in [2.75, 3.05) is 7.11 Å². The first-order valence-corrected chi connectivity index (χ1v) is 7.39. The second-order valence-corrected chi connectivity index (χ2v) is 5.59. The smallest absolute Gasteiger partial charge is 0.255 e. The lowest BCUT2D eigenvalue weighted by molar-refractivity contribution is 0.0714. The van der Waals surface area contributed by atoms with Gasteiger partial charge in [0.25, 0.3) is 5.91 Å². The highest BCUT2D eigenvalue weighted by Gasteiger charge is 2.32. The third-order valence-corrected chi connectivity index (χ3v) is 4.28. The Balaban J connectivity index is 1.93. The summed E-state index contributed by atoms with van der Waals surface area (Å²) >= 11 is 0. The summed E-state index contributed by atoms with van der Waals surface area (Å²) in [5.74, 6) is 0.215. The number of methoxy groups -OCH3 is 1. The van der Waals surface area contributed by atoms with Gasteiger partial charge in [0, 0.05) is 23.2 Å². The summed E-state index contributed by atoms with van der Waals surface area (Å²) in [5.41, 5.74) is 8.13. The first-order valence-electron chi connectivity index (χ1n) is 7.39. The maximum absolute atomic E-state index is 12.7. The molecule has 0 bridgehead atoms. The van der Waals surface area contributed by atoms with Gasteiger partial charge in [-0.05, 0) is 36.8 Å². The SMILES string of the molecule is COc1ccccc1[C@H](C)N1Cc2cc(C(N)=O)ccc2C1=O. The summed E-state index contributed by atoms with van der Waals surface area (Å²) in [4.78, 5) is 25.7. The molecule has 0 saturated carbocycles. The van der Waals surface area contributed by atoms with Crippen molar-refractivity contribution in [3.05, 3.63) is 64.7 Å². The zero-order valence-electron chi connectivity index (χ0n) is 13.1. The summed E-state index contributed by atoms with van der Waals surface area (Å²) in [6, 6.07) is 12.5. The molecular weight excluding hydrogens is 292 g/mol. The van der Waals surface area contributed by atoms with Crippen LogP contribution in [0.25, 0.3) is 0 Å². The maximum atomic E-state index is 12.7. The van der Waals surface area contributed by atoms with Gasteiger partial charge in [0.1, 0.15) is 5.75 Å². The quantitative estimate of drug-likeness (QED) is 0.943. The number of ether oxygens (including phenoxy) is 1. The summed E-state index contributed by atoms with van der Waals surface area (Å²) in [6.45, 7) is 2.42. The summed E-state index contributed by atoms with van der Waals surface area (Å²) in [6.07, 6.45) is 0. The van der Waals surface area contributed by atoms with Crippen LogP contribution in [0.2, 0.25) is 0 Å². The average Bonchev–Trinajstić information content (AvgIpc) is 2.90. The highest BCUT2D eigenvalue weighted by atomic mass is 16.5. The molecule has 0 fully saturated rings. The predicted octanol–water partition coefficient (Wildman–Crippen LogP) is 2.51. The third kappa shape index (κ3) is 2.54. The Labute approximate surface area is 134 Å². The summed E-state index contributed by atoms with van der Waals surface area (Å²) < 4.78 is 5.39. The monoisotopic (exact) mass is 310 g/mol. The van der Waals surface area contributed by atoms with Crippen molar-refractivity contribution in [1.82, 2.24) is 4.90 Å². The molecule has 5 nitrogen and oxygen atoms in total. The van der Waals surface area contributed by atoms with Gasteiger partial charge in [-0.1, -0.05) is 18.2 Å². The molecule has 1 heterocycles. The molecule has 0 saturated heterocycles. The second-order valence-electron chi connectivity index (χ2n) is 5.59. The van der Waals surface area contributed by atoms with Crippen LogP contribution in [0.15, 0.2) is 42.5 Å². The summed E-state index contributed by atoms with van der Waals surface area (Å²) in [7, 11) is 1.62. The molecule has 3 rings (SSSR count). The van der Waals surface area contributed by atoms with Crippen LogP contribution in [0.5, 0.6) is 5.75 Å². The molecule has 1 atom stereocenters. The van der Waals surface area contributed by atoms with Crippen molar-refractivity contribution in [1.29, 1.82) is 0 Å². The van der Waals surface area contributed by atoms with Gasteiger partial charge in [0.15, 0.2) is 0 Å². The van der Waals surface area contributed by atoms with Crippen molar-refractivity contribution < 1.29 is 14.3 Å². The number of carbonyl (C=O) groups is 2. The molecule has 5 heteroatoms. The number of hydrogen-bond acceptors (Lipinski definition) is 3. The van der Waals surface area contributed by atoms with E-state index in [0.717, 1.165) is 16.9 Å². The van der Waals surface area contributed by atoms with Gasteiger partial charge in [-0.15, -0.1) is 0 Å². The minimum atomic E-state index is -0.489. The first kappa shape index (κ1) is 15.1. The molecule has 2 aromatic carbocycles. The molecule has 0 spiro atoms. The van der Waals surface area contributed by atoms with Crippen LogP contribution >= 0.6 is 0 Å². The van der Waals surface area contributed by atoms with Crippen molar-refractivity contribution in [2.24, 2.45) is 5.73 Å². The van der Waals surface area contributed by atoms with Crippen molar-refractivity contribution in [3.63, 3.8) is 0 Å². The van der Waals surface area contributed by atoms with Gasteiger partial charge in [-0.2, -0.15) is 0 Å². The van der Waals surface area contributed by atoms with Crippen LogP contribution < -0.4 is 10.5 Å². The van der Waals surface area contributed by atoms with Crippen LogP contribution in [-0.2, 0) is 6.54 Å². The van der Waals surface area contributed by atoms with Crippen LogP contribution in [-0.4, -0.2) is 23.8 Å². The third-order valence-electron chi connectivity index (χ3n) is 4.28. The minimum absolute atomic E-state index is 0.0468. The van der Waals surface area contributed by atoms with E-state index in [2.05, 4.69) is 0 Å². The fraction of sp³-hybridized carbons (Fsp3) is 0.222. The average molecular weight is 310 g/mol. The second kappa shape index (κ2) is 5.76. The lowest BCUT2D eigenvalue weighted by Crippen LogP contribution is -2.27. The number of primary amides is 1. The van der Waals surface area contributed by atoms with Crippen LogP contribution in [0, 0.1) is 0 Å². The Morgan fingerprint density at radius 2 is 2.00 bits per heavy atom. The van der Waals surface area contributed by atoms with E-state index in [1.165, 1.54) is 0 Å². The Kier molecular flexibility index (Phi) is 3.78. The number of amides is 2.